The molecular formula is C15H19ClN4O. The maximum Gasteiger partial charge on any atom is 0.257 e. The first-order valence-electron chi connectivity index (χ1n) is 7.32. The van der Waals surface area contributed by atoms with Crippen LogP contribution >= 0.6 is 11.6 Å². The lowest BCUT2D eigenvalue weighted by molar-refractivity contribution is 0.160. The summed E-state index contributed by atoms with van der Waals surface area (Å²) < 4.78 is 5.42. The summed E-state index contributed by atoms with van der Waals surface area (Å²) in [5, 5.41) is 8.24. The third-order valence-corrected chi connectivity index (χ3v) is 4.06. The number of hydrogen-bond donors (Lipinski definition) is 1. The molecule has 1 aliphatic rings. The Morgan fingerprint density at radius 3 is 2.67 bits per heavy atom. The van der Waals surface area contributed by atoms with Gasteiger partial charge >= 0.3 is 0 Å². The average molecular weight is 307 g/mol. The molecule has 0 spiro atoms. The molecule has 0 aliphatic carbocycles. The van der Waals surface area contributed by atoms with Crippen LogP contribution in [0.5, 0.6) is 0 Å². The van der Waals surface area contributed by atoms with Gasteiger partial charge in [-0.15, -0.1) is 0 Å². The predicted molar refractivity (Wildman–Crippen MR) is 82.2 cm³/mol. The molecule has 1 N–H and O–H groups in total. The van der Waals surface area contributed by atoms with E-state index in [0.29, 0.717) is 10.9 Å². The van der Waals surface area contributed by atoms with Crippen molar-refractivity contribution in [2.24, 2.45) is 0 Å². The molecule has 2 aromatic rings. The first-order chi connectivity index (χ1) is 10.3. The molecule has 1 saturated heterocycles. The summed E-state index contributed by atoms with van der Waals surface area (Å²) in [6.07, 6.45) is 0.972. The molecule has 0 saturated carbocycles. The van der Waals surface area contributed by atoms with Crippen molar-refractivity contribution in [2.75, 3.05) is 26.2 Å². The number of halogens is 1. The minimum Gasteiger partial charge on any atom is -0.334 e. The molecular weight excluding hydrogens is 288 g/mol. The molecule has 6 heteroatoms. The molecule has 1 aliphatic heterocycles. The van der Waals surface area contributed by atoms with Gasteiger partial charge in [-0.1, -0.05) is 23.7 Å². The quantitative estimate of drug-likeness (QED) is 0.941. The van der Waals surface area contributed by atoms with Crippen LogP contribution in [0.3, 0.4) is 0 Å². The topological polar surface area (TPSA) is 54.2 Å². The van der Waals surface area contributed by atoms with Crippen molar-refractivity contribution in [3.8, 4) is 11.5 Å². The maximum absolute atomic E-state index is 5.90. The monoisotopic (exact) mass is 306 g/mol. The van der Waals surface area contributed by atoms with E-state index in [2.05, 4.69) is 27.3 Å². The van der Waals surface area contributed by atoms with Crippen molar-refractivity contribution >= 4 is 11.6 Å². The van der Waals surface area contributed by atoms with Gasteiger partial charge in [0.25, 0.3) is 5.89 Å². The summed E-state index contributed by atoms with van der Waals surface area (Å²) in [6, 6.07) is 7.66. The second-order valence-corrected chi connectivity index (χ2v) is 5.61. The standard InChI is InChI=1S/C15H19ClN4O/c1-2-13(20-9-7-17-8-10-20)14-18-15(21-19-14)11-3-5-12(16)6-4-11/h3-6,13,17H,2,7-10H2,1H3. The highest BCUT2D eigenvalue weighted by Gasteiger charge is 2.25. The van der Waals surface area contributed by atoms with E-state index < -0.39 is 0 Å². The van der Waals surface area contributed by atoms with Crippen molar-refractivity contribution in [1.82, 2.24) is 20.4 Å². The first kappa shape index (κ1) is 14.5. The minimum absolute atomic E-state index is 0.219. The highest BCUT2D eigenvalue weighted by atomic mass is 35.5. The van der Waals surface area contributed by atoms with Crippen LogP contribution in [0, 0.1) is 0 Å². The van der Waals surface area contributed by atoms with E-state index in [9.17, 15) is 0 Å². The van der Waals surface area contributed by atoms with Crippen LogP contribution in [-0.2, 0) is 0 Å². The van der Waals surface area contributed by atoms with Crippen LogP contribution < -0.4 is 5.32 Å². The molecule has 3 rings (SSSR count). The fourth-order valence-electron chi connectivity index (χ4n) is 2.68. The largest absolute Gasteiger partial charge is 0.334 e. The second kappa shape index (κ2) is 6.56. The number of nitrogens with one attached hydrogen (secondary N) is 1. The third-order valence-electron chi connectivity index (χ3n) is 3.81. The van der Waals surface area contributed by atoms with Crippen LogP contribution in [-0.4, -0.2) is 41.2 Å². The molecule has 0 radical (unpaired) electrons. The number of piperazine rings is 1. The lowest BCUT2D eigenvalue weighted by atomic mass is 10.1. The van der Waals surface area contributed by atoms with E-state index in [1.165, 1.54) is 0 Å². The molecule has 0 amide bonds. The Bertz CT molecular complexity index is 578. The smallest absolute Gasteiger partial charge is 0.257 e. The third kappa shape index (κ3) is 3.26. The zero-order valence-corrected chi connectivity index (χ0v) is 12.8. The predicted octanol–water partition coefficient (Wildman–Crippen LogP) is 2.75. The normalized spacial score (nSPS) is 17.8. The van der Waals surface area contributed by atoms with Gasteiger partial charge < -0.3 is 9.84 Å². The van der Waals surface area contributed by atoms with E-state index in [-0.39, 0.29) is 6.04 Å². The van der Waals surface area contributed by atoms with Crippen LogP contribution in [0.2, 0.25) is 5.02 Å². The van der Waals surface area contributed by atoms with Crippen LogP contribution in [0.1, 0.15) is 25.2 Å². The van der Waals surface area contributed by atoms with Crippen LogP contribution in [0.15, 0.2) is 28.8 Å². The fraction of sp³-hybridized carbons (Fsp3) is 0.467. The van der Waals surface area contributed by atoms with Crippen LogP contribution in [0.25, 0.3) is 11.5 Å². The first-order valence-corrected chi connectivity index (χ1v) is 7.70. The molecule has 21 heavy (non-hydrogen) atoms. The Morgan fingerprint density at radius 2 is 2.00 bits per heavy atom. The van der Waals surface area contributed by atoms with E-state index in [1.54, 1.807) is 0 Å². The molecule has 2 heterocycles. The van der Waals surface area contributed by atoms with Gasteiger partial charge in [0, 0.05) is 36.8 Å². The Hall–Kier alpha value is -1.43. The fourth-order valence-corrected chi connectivity index (χ4v) is 2.80. The van der Waals surface area contributed by atoms with Gasteiger partial charge in [-0.25, -0.2) is 0 Å². The van der Waals surface area contributed by atoms with Crippen molar-refractivity contribution in [3.63, 3.8) is 0 Å². The molecule has 1 aromatic carbocycles. The van der Waals surface area contributed by atoms with Gasteiger partial charge in [-0.2, -0.15) is 4.98 Å². The van der Waals surface area contributed by atoms with Crippen molar-refractivity contribution in [2.45, 2.75) is 19.4 Å². The molecule has 1 aromatic heterocycles. The number of aromatic nitrogens is 2. The lowest BCUT2D eigenvalue weighted by Gasteiger charge is -2.32. The molecule has 1 fully saturated rings. The van der Waals surface area contributed by atoms with Gasteiger partial charge in [-0.3, -0.25) is 4.90 Å². The Morgan fingerprint density at radius 1 is 1.29 bits per heavy atom. The Labute approximate surface area is 129 Å². The number of benzene rings is 1. The number of nitrogens with zero attached hydrogens (tertiary/aromatic N) is 3. The highest BCUT2D eigenvalue weighted by Crippen LogP contribution is 2.25. The summed E-state index contributed by atoms with van der Waals surface area (Å²) in [5.74, 6) is 1.32. The van der Waals surface area contributed by atoms with E-state index in [1.807, 2.05) is 24.3 Å². The van der Waals surface area contributed by atoms with E-state index >= 15 is 0 Å². The Balaban J connectivity index is 1.80. The number of rotatable bonds is 4. The van der Waals surface area contributed by atoms with Crippen LogP contribution in [0.4, 0.5) is 0 Å². The summed E-state index contributed by atoms with van der Waals surface area (Å²) in [4.78, 5) is 6.98. The van der Waals surface area contributed by atoms with Gasteiger partial charge in [0.2, 0.25) is 0 Å². The molecule has 1 atom stereocenters. The van der Waals surface area contributed by atoms with Gasteiger partial charge in [0.1, 0.15) is 0 Å². The summed E-state index contributed by atoms with van der Waals surface area (Å²) >= 11 is 5.90. The van der Waals surface area contributed by atoms with E-state index in [0.717, 1.165) is 44.0 Å². The summed E-state index contributed by atoms with van der Waals surface area (Å²) in [7, 11) is 0. The van der Waals surface area contributed by atoms with Gasteiger partial charge in [0.05, 0.1) is 6.04 Å². The molecule has 5 nitrogen and oxygen atoms in total. The van der Waals surface area contributed by atoms with Crippen molar-refractivity contribution < 1.29 is 4.52 Å². The Kier molecular flexibility index (Phi) is 4.53. The second-order valence-electron chi connectivity index (χ2n) is 5.17. The molecule has 1 unspecified atom stereocenters. The highest BCUT2D eigenvalue weighted by molar-refractivity contribution is 6.30. The van der Waals surface area contributed by atoms with Gasteiger partial charge in [-0.05, 0) is 30.7 Å². The SMILES string of the molecule is CCC(c1noc(-c2ccc(Cl)cc2)n1)N1CCNCC1. The molecule has 112 valence electrons. The van der Waals surface area contributed by atoms with Crippen molar-refractivity contribution in [1.29, 1.82) is 0 Å². The number of hydrogen-bond acceptors (Lipinski definition) is 5. The van der Waals surface area contributed by atoms with Crippen molar-refractivity contribution in [3.05, 3.63) is 35.1 Å². The average Bonchev–Trinajstić information content (AvgIpc) is 2.99. The maximum atomic E-state index is 5.90. The molecule has 0 bridgehead atoms. The van der Waals surface area contributed by atoms with E-state index in [4.69, 9.17) is 16.1 Å². The zero-order chi connectivity index (χ0) is 14.7. The van der Waals surface area contributed by atoms with Gasteiger partial charge in [0.15, 0.2) is 5.82 Å². The summed E-state index contributed by atoms with van der Waals surface area (Å²) in [6.45, 7) is 6.22. The lowest BCUT2D eigenvalue weighted by Crippen LogP contribution is -2.45. The zero-order valence-electron chi connectivity index (χ0n) is 12.1. The summed E-state index contributed by atoms with van der Waals surface area (Å²) in [5.41, 5.74) is 0.897. The minimum atomic E-state index is 0.219.